The zero-order chi connectivity index (χ0) is 21.7. The molecule has 164 valence electrons. The molecule has 1 amide bonds. The summed E-state index contributed by atoms with van der Waals surface area (Å²) in [6.45, 7) is 8.49. The van der Waals surface area contributed by atoms with Crippen molar-refractivity contribution in [1.82, 2.24) is 29.6 Å². The first-order valence-electron chi connectivity index (χ1n) is 11.1. The van der Waals surface area contributed by atoms with E-state index in [9.17, 15) is 9.59 Å². The minimum absolute atomic E-state index is 0.0328. The number of aromatic amines is 1. The minimum Gasteiger partial charge on any atom is -0.361 e. The fourth-order valence-electron chi connectivity index (χ4n) is 4.70. The third kappa shape index (κ3) is 3.37. The Morgan fingerprint density at radius 2 is 2.16 bits per heavy atom. The van der Waals surface area contributed by atoms with Gasteiger partial charge in [0.25, 0.3) is 11.5 Å². The van der Waals surface area contributed by atoms with Gasteiger partial charge >= 0.3 is 0 Å². The molecule has 3 aromatic heterocycles. The van der Waals surface area contributed by atoms with E-state index in [0.717, 1.165) is 36.3 Å². The predicted molar refractivity (Wildman–Crippen MR) is 114 cm³/mol. The number of hydrogen-bond acceptors (Lipinski definition) is 6. The Balaban J connectivity index is 1.48. The molecule has 5 rings (SSSR count). The lowest BCUT2D eigenvalue weighted by Crippen LogP contribution is -2.39. The molecule has 2 aliphatic rings. The van der Waals surface area contributed by atoms with Crippen molar-refractivity contribution >= 4 is 11.6 Å². The maximum atomic E-state index is 13.1. The number of nitrogens with one attached hydrogen (secondary N) is 1. The van der Waals surface area contributed by atoms with Crippen LogP contribution in [0.15, 0.2) is 21.5 Å². The van der Waals surface area contributed by atoms with Crippen LogP contribution in [-0.2, 0) is 19.4 Å². The van der Waals surface area contributed by atoms with Crippen LogP contribution in [0.4, 0.5) is 0 Å². The maximum Gasteiger partial charge on any atom is 0.276 e. The largest absolute Gasteiger partial charge is 0.361 e. The van der Waals surface area contributed by atoms with Crippen LogP contribution in [0, 0.1) is 0 Å². The second kappa shape index (κ2) is 7.64. The molecule has 0 spiro atoms. The van der Waals surface area contributed by atoms with E-state index in [2.05, 4.69) is 29.0 Å². The molecule has 0 saturated carbocycles. The molecule has 31 heavy (non-hydrogen) atoms. The SMILES string of the molecule is CCc1cc(C(=O)N2CCC[C@H]2c2cc3nc4c(c(=O)n3[nH]2)CCN(C(C)C)C4)no1. The average molecular weight is 425 g/mol. The summed E-state index contributed by atoms with van der Waals surface area (Å²) in [7, 11) is 0. The van der Waals surface area contributed by atoms with Gasteiger partial charge in [-0.2, -0.15) is 0 Å². The minimum atomic E-state index is -0.142. The van der Waals surface area contributed by atoms with Crippen LogP contribution < -0.4 is 5.56 Å². The van der Waals surface area contributed by atoms with Gasteiger partial charge in [-0.1, -0.05) is 12.1 Å². The van der Waals surface area contributed by atoms with Crippen LogP contribution in [0.3, 0.4) is 0 Å². The van der Waals surface area contributed by atoms with E-state index in [1.807, 2.05) is 17.9 Å². The van der Waals surface area contributed by atoms with Crippen LogP contribution in [0.25, 0.3) is 5.65 Å². The van der Waals surface area contributed by atoms with Gasteiger partial charge < -0.3 is 9.42 Å². The van der Waals surface area contributed by atoms with Crippen molar-refractivity contribution in [2.24, 2.45) is 0 Å². The van der Waals surface area contributed by atoms with Crippen molar-refractivity contribution < 1.29 is 9.32 Å². The van der Waals surface area contributed by atoms with E-state index in [1.54, 1.807) is 6.07 Å². The third-order valence-corrected chi connectivity index (χ3v) is 6.55. The van der Waals surface area contributed by atoms with Gasteiger partial charge in [0.15, 0.2) is 11.3 Å². The molecule has 3 aromatic rings. The van der Waals surface area contributed by atoms with Crippen molar-refractivity contribution in [3.63, 3.8) is 0 Å². The number of amides is 1. The summed E-state index contributed by atoms with van der Waals surface area (Å²) in [5.74, 6) is 0.554. The lowest BCUT2D eigenvalue weighted by atomic mass is 10.1. The summed E-state index contributed by atoms with van der Waals surface area (Å²) in [6, 6.07) is 3.90. The normalized spacial score (nSPS) is 19.5. The Morgan fingerprint density at radius 3 is 2.90 bits per heavy atom. The van der Waals surface area contributed by atoms with Crippen molar-refractivity contribution in [2.45, 2.75) is 65.1 Å². The molecule has 5 heterocycles. The van der Waals surface area contributed by atoms with Gasteiger partial charge in [0.2, 0.25) is 0 Å². The fraction of sp³-hybridized carbons (Fsp3) is 0.545. The molecule has 1 saturated heterocycles. The Labute approximate surface area is 180 Å². The average Bonchev–Trinajstić information content (AvgIpc) is 3.51. The quantitative estimate of drug-likeness (QED) is 0.690. The molecule has 9 nitrogen and oxygen atoms in total. The van der Waals surface area contributed by atoms with Crippen molar-refractivity contribution in [1.29, 1.82) is 0 Å². The summed E-state index contributed by atoms with van der Waals surface area (Å²) >= 11 is 0. The molecular weight excluding hydrogens is 396 g/mol. The van der Waals surface area contributed by atoms with E-state index in [0.29, 0.717) is 49.1 Å². The number of likely N-dealkylation sites (tertiary alicyclic amines) is 1. The number of carbonyl (C=O) groups excluding carboxylic acids is 1. The van der Waals surface area contributed by atoms with Gasteiger partial charge in [0.05, 0.1) is 17.4 Å². The first kappa shape index (κ1) is 20.0. The molecule has 0 aliphatic carbocycles. The lowest BCUT2D eigenvalue weighted by Gasteiger charge is -2.30. The van der Waals surface area contributed by atoms with Gasteiger partial charge in [-0.15, -0.1) is 0 Å². The van der Waals surface area contributed by atoms with Crippen molar-refractivity contribution in [2.75, 3.05) is 13.1 Å². The number of rotatable bonds is 4. The second-order valence-electron chi connectivity index (χ2n) is 8.75. The van der Waals surface area contributed by atoms with Crippen LogP contribution in [0.5, 0.6) is 0 Å². The Bertz CT molecular complexity index is 1190. The first-order valence-corrected chi connectivity index (χ1v) is 11.1. The third-order valence-electron chi connectivity index (χ3n) is 6.55. The number of carbonyl (C=O) groups is 1. The zero-order valence-electron chi connectivity index (χ0n) is 18.2. The molecule has 0 aromatic carbocycles. The number of fused-ring (bicyclic) bond motifs is 2. The van der Waals surface area contributed by atoms with Crippen molar-refractivity contribution in [3.05, 3.63) is 50.9 Å². The Morgan fingerprint density at radius 1 is 1.32 bits per heavy atom. The fourth-order valence-corrected chi connectivity index (χ4v) is 4.70. The topological polar surface area (TPSA) is 99.7 Å². The second-order valence-corrected chi connectivity index (χ2v) is 8.75. The van der Waals surface area contributed by atoms with Gasteiger partial charge in [0.1, 0.15) is 5.76 Å². The first-order chi connectivity index (χ1) is 15.0. The van der Waals surface area contributed by atoms with E-state index < -0.39 is 0 Å². The summed E-state index contributed by atoms with van der Waals surface area (Å²) in [6.07, 6.45) is 3.12. The molecule has 0 radical (unpaired) electrons. The lowest BCUT2D eigenvalue weighted by molar-refractivity contribution is 0.0722. The standard InChI is InChI=1S/C22H28N6O3/c1-4-14-10-17(25-31-14)22(30)27-8-5-6-19(27)16-11-20-23-18-12-26(13(2)3)9-7-15(18)21(29)28(20)24-16/h10-11,13,19,24H,4-9,12H2,1-3H3/t19-/m0/s1. The molecule has 0 bridgehead atoms. The van der Waals surface area contributed by atoms with Gasteiger partial charge in [0, 0.05) is 49.8 Å². The van der Waals surface area contributed by atoms with Crippen molar-refractivity contribution in [3.8, 4) is 0 Å². The number of aryl methyl sites for hydroxylation is 1. The molecule has 2 aliphatic heterocycles. The van der Waals surface area contributed by atoms with E-state index >= 15 is 0 Å². The molecule has 9 heteroatoms. The van der Waals surface area contributed by atoms with Crippen LogP contribution in [-0.4, -0.2) is 54.6 Å². The monoisotopic (exact) mass is 424 g/mol. The van der Waals surface area contributed by atoms with E-state index in [-0.39, 0.29) is 17.5 Å². The van der Waals surface area contributed by atoms with Crippen LogP contribution in [0.1, 0.15) is 72.9 Å². The molecule has 1 atom stereocenters. The number of nitrogens with zero attached hydrogens (tertiary/aromatic N) is 5. The summed E-state index contributed by atoms with van der Waals surface area (Å²) < 4.78 is 6.75. The molecular formula is C22H28N6O3. The highest BCUT2D eigenvalue weighted by atomic mass is 16.5. The highest BCUT2D eigenvalue weighted by Gasteiger charge is 2.34. The predicted octanol–water partition coefficient (Wildman–Crippen LogP) is 2.32. The van der Waals surface area contributed by atoms with E-state index in [4.69, 9.17) is 9.51 Å². The highest BCUT2D eigenvalue weighted by molar-refractivity contribution is 5.92. The van der Waals surface area contributed by atoms with Gasteiger partial charge in [-0.25, -0.2) is 9.50 Å². The highest BCUT2D eigenvalue weighted by Crippen LogP contribution is 2.33. The molecule has 0 unspecified atom stereocenters. The smallest absolute Gasteiger partial charge is 0.276 e. The Kier molecular flexibility index (Phi) is 4.92. The van der Waals surface area contributed by atoms with Gasteiger partial charge in [-0.05, 0) is 33.1 Å². The zero-order valence-corrected chi connectivity index (χ0v) is 18.2. The summed E-state index contributed by atoms with van der Waals surface area (Å²) in [4.78, 5) is 35.1. The number of hydrogen-bond donors (Lipinski definition) is 1. The summed E-state index contributed by atoms with van der Waals surface area (Å²) in [5, 5.41) is 7.17. The van der Waals surface area contributed by atoms with Crippen LogP contribution >= 0.6 is 0 Å². The number of aromatic nitrogens is 4. The Hall–Kier alpha value is -2.94. The van der Waals surface area contributed by atoms with Gasteiger partial charge in [-0.3, -0.25) is 19.6 Å². The molecule has 1 N–H and O–H groups in total. The molecule has 1 fully saturated rings. The maximum absolute atomic E-state index is 13.1. The summed E-state index contributed by atoms with van der Waals surface area (Å²) in [5.41, 5.74) is 3.39. The van der Waals surface area contributed by atoms with Crippen LogP contribution in [0.2, 0.25) is 0 Å². The number of H-pyrrole nitrogens is 1. The van der Waals surface area contributed by atoms with E-state index in [1.165, 1.54) is 4.52 Å².